The van der Waals surface area contributed by atoms with Gasteiger partial charge in [0.15, 0.2) is 17.5 Å². The van der Waals surface area contributed by atoms with Gasteiger partial charge in [-0.25, -0.2) is 15.0 Å². The molecule has 0 amide bonds. The summed E-state index contributed by atoms with van der Waals surface area (Å²) in [7, 11) is 0. The minimum atomic E-state index is 0.535. The van der Waals surface area contributed by atoms with Crippen molar-refractivity contribution < 1.29 is 4.42 Å². The SMILES string of the molecule is N#Cc1cccc(-c2ccc(-c3nc(-c4ccc5c(c4)oc4cccc(-c6cccc(-c7ccccc7)c6)c45)nc(-c4ccc5c6ccccc6n(-c6ccccc6)c5c4)n3)cc2)c1. The molecule has 0 atom stereocenters. The van der Waals surface area contributed by atoms with Crippen LogP contribution in [0, 0.1) is 11.3 Å². The average molecular weight is 818 g/mol. The lowest BCUT2D eigenvalue weighted by atomic mass is 9.96. The number of nitriles is 1. The van der Waals surface area contributed by atoms with Crippen LogP contribution < -0.4 is 0 Å². The Bertz CT molecular complexity index is 3790. The first-order chi connectivity index (χ1) is 31.6. The molecule has 0 unspecified atom stereocenters. The molecular weight excluding hydrogens is 783 g/mol. The minimum absolute atomic E-state index is 0.535. The monoisotopic (exact) mass is 817 g/mol. The summed E-state index contributed by atoms with van der Waals surface area (Å²) in [6.07, 6.45) is 0. The molecule has 0 aliphatic heterocycles. The molecular formula is C58H35N5O. The van der Waals surface area contributed by atoms with Crippen molar-refractivity contribution in [1.29, 1.82) is 5.26 Å². The highest BCUT2D eigenvalue weighted by Crippen LogP contribution is 2.40. The van der Waals surface area contributed by atoms with Crippen molar-refractivity contribution in [3.8, 4) is 79.3 Å². The second-order valence-electron chi connectivity index (χ2n) is 15.9. The molecule has 9 aromatic carbocycles. The molecule has 12 aromatic rings. The van der Waals surface area contributed by atoms with E-state index in [9.17, 15) is 5.26 Å². The quantitative estimate of drug-likeness (QED) is 0.160. The fraction of sp³-hybridized carbons (Fsp3) is 0. The van der Waals surface area contributed by atoms with Gasteiger partial charge in [0.05, 0.1) is 22.7 Å². The normalized spacial score (nSPS) is 11.4. The maximum atomic E-state index is 9.53. The fourth-order valence-electron chi connectivity index (χ4n) is 9.01. The second-order valence-corrected chi connectivity index (χ2v) is 15.9. The first-order valence-electron chi connectivity index (χ1n) is 21.2. The summed E-state index contributed by atoms with van der Waals surface area (Å²) in [4.78, 5) is 15.5. The number of furan rings is 1. The standard InChI is InChI=1S/C58H35N5O/c59-36-37-12-9-15-41(32-37)39-24-26-40(27-25-39)56-60-57(44-28-30-49-48-20-7-8-22-51(48)63(52(49)34-44)46-18-5-2-6-19-46)62-58(61-56)45-29-31-50-54(35-45)64-53-23-11-21-47(55(50)53)43-17-10-16-42(33-43)38-13-3-1-4-14-38/h1-35H. The molecule has 64 heavy (non-hydrogen) atoms. The van der Waals surface area contributed by atoms with Crippen LogP contribution in [0.15, 0.2) is 217 Å². The van der Waals surface area contributed by atoms with Gasteiger partial charge in [0, 0.05) is 43.9 Å². The van der Waals surface area contributed by atoms with Crippen LogP contribution in [0.5, 0.6) is 0 Å². The van der Waals surface area contributed by atoms with Crippen LogP contribution in [-0.4, -0.2) is 19.5 Å². The van der Waals surface area contributed by atoms with Crippen LogP contribution >= 0.6 is 0 Å². The van der Waals surface area contributed by atoms with Crippen LogP contribution in [0.3, 0.4) is 0 Å². The zero-order chi connectivity index (χ0) is 42.6. The Morgan fingerprint density at radius 3 is 1.72 bits per heavy atom. The summed E-state index contributed by atoms with van der Waals surface area (Å²) in [6, 6.07) is 75.1. The average Bonchev–Trinajstić information content (AvgIpc) is 3.92. The summed E-state index contributed by atoms with van der Waals surface area (Å²) in [5.74, 6) is 1.64. The van der Waals surface area contributed by atoms with Crippen molar-refractivity contribution in [2.24, 2.45) is 0 Å². The Morgan fingerprint density at radius 2 is 0.938 bits per heavy atom. The number of benzene rings is 9. The van der Waals surface area contributed by atoms with Crippen molar-refractivity contribution in [3.63, 3.8) is 0 Å². The van der Waals surface area contributed by atoms with E-state index in [1.807, 2.05) is 72.8 Å². The van der Waals surface area contributed by atoms with Gasteiger partial charge in [0.2, 0.25) is 0 Å². The largest absolute Gasteiger partial charge is 0.456 e. The van der Waals surface area contributed by atoms with Crippen molar-refractivity contribution in [3.05, 3.63) is 218 Å². The molecule has 3 aromatic heterocycles. The van der Waals surface area contributed by atoms with Crippen LogP contribution in [0.4, 0.5) is 0 Å². The van der Waals surface area contributed by atoms with E-state index in [0.29, 0.717) is 23.0 Å². The predicted octanol–water partition coefficient (Wildman–Crippen LogP) is 14.7. The number of rotatable bonds is 7. The number of hydrogen-bond donors (Lipinski definition) is 0. The van der Waals surface area contributed by atoms with Crippen molar-refractivity contribution in [1.82, 2.24) is 19.5 Å². The Morgan fingerprint density at radius 1 is 0.375 bits per heavy atom. The zero-order valence-electron chi connectivity index (χ0n) is 34.4. The Balaban J connectivity index is 1.01. The highest BCUT2D eigenvalue weighted by molar-refractivity contribution is 6.13. The lowest BCUT2D eigenvalue weighted by Gasteiger charge is -2.11. The minimum Gasteiger partial charge on any atom is -0.456 e. The molecule has 3 heterocycles. The highest BCUT2D eigenvalue weighted by atomic mass is 16.3. The van der Waals surface area contributed by atoms with Gasteiger partial charge >= 0.3 is 0 Å². The maximum Gasteiger partial charge on any atom is 0.164 e. The zero-order valence-corrected chi connectivity index (χ0v) is 34.4. The Labute approximate surface area is 368 Å². The third kappa shape index (κ3) is 6.39. The molecule has 6 heteroatoms. The van der Waals surface area contributed by atoms with E-state index in [4.69, 9.17) is 19.4 Å². The van der Waals surface area contributed by atoms with Gasteiger partial charge in [-0.05, 0) is 94.0 Å². The van der Waals surface area contributed by atoms with Crippen molar-refractivity contribution in [2.75, 3.05) is 0 Å². The smallest absolute Gasteiger partial charge is 0.164 e. The summed E-state index contributed by atoms with van der Waals surface area (Å²) in [5.41, 5.74) is 14.5. The number of nitrogens with zero attached hydrogens (tertiary/aromatic N) is 5. The molecule has 0 spiro atoms. The van der Waals surface area contributed by atoms with E-state index in [1.54, 1.807) is 0 Å². The lowest BCUT2D eigenvalue weighted by molar-refractivity contribution is 0.669. The summed E-state index contributed by atoms with van der Waals surface area (Å²) in [6.45, 7) is 0. The van der Waals surface area contributed by atoms with Gasteiger partial charge in [-0.3, -0.25) is 0 Å². The second kappa shape index (κ2) is 15.2. The number of hydrogen-bond acceptors (Lipinski definition) is 5. The van der Waals surface area contributed by atoms with Crippen molar-refractivity contribution >= 4 is 43.7 Å². The van der Waals surface area contributed by atoms with Crippen molar-refractivity contribution in [2.45, 2.75) is 0 Å². The molecule has 0 bridgehead atoms. The number of fused-ring (bicyclic) bond motifs is 6. The third-order valence-corrected chi connectivity index (χ3v) is 12.1. The van der Waals surface area contributed by atoms with E-state index in [2.05, 4.69) is 150 Å². The molecule has 0 aliphatic carbocycles. The molecule has 12 rings (SSSR count). The van der Waals surface area contributed by atoms with Crippen LogP contribution in [0.1, 0.15) is 5.56 Å². The Kier molecular flexibility index (Phi) is 8.77. The number of para-hydroxylation sites is 2. The fourth-order valence-corrected chi connectivity index (χ4v) is 9.01. The van der Waals surface area contributed by atoms with E-state index < -0.39 is 0 Å². The lowest BCUT2D eigenvalue weighted by Crippen LogP contribution is -2.00. The topological polar surface area (TPSA) is 80.5 Å². The molecule has 0 aliphatic rings. The third-order valence-electron chi connectivity index (χ3n) is 12.1. The van der Waals surface area contributed by atoms with Gasteiger partial charge in [-0.2, -0.15) is 5.26 Å². The summed E-state index contributed by atoms with van der Waals surface area (Å²) < 4.78 is 8.94. The van der Waals surface area contributed by atoms with Crippen LogP contribution in [0.25, 0.3) is 117 Å². The van der Waals surface area contributed by atoms with Gasteiger partial charge in [0.1, 0.15) is 11.2 Å². The van der Waals surface area contributed by atoms with Gasteiger partial charge < -0.3 is 8.98 Å². The summed E-state index contributed by atoms with van der Waals surface area (Å²) in [5, 5.41) is 13.9. The van der Waals surface area contributed by atoms with Gasteiger partial charge in [-0.1, -0.05) is 152 Å². The molecule has 0 N–H and O–H groups in total. The van der Waals surface area contributed by atoms with E-state index in [0.717, 1.165) is 88.6 Å². The molecule has 0 radical (unpaired) electrons. The number of aromatic nitrogens is 4. The van der Waals surface area contributed by atoms with Gasteiger partial charge in [0.25, 0.3) is 0 Å². The van der Waals surface area contributed by atoms with Crippen LogP contribution in [0.2, 0.25) is 0 Å². The van der Waals surface area contributed by atoms with E-state index in [1.165, 1.54) is 10.9 Å². The predicted molar refractivity (Wildman–Crippen MR) is 259 cm³/mol. The molecule has 0 fully saturated rings. The highest BCUT2D eigenvalue weighted by Gasteiger charge is 2.19. The molecule has 0 saturated carbocycles. The molecule has 6 nitrogen and oxygen atoms in total. The van der Waals surface area contributed by atoms with Crippen LogP contribution in [-0.2, 0) is 0 Å². The van der Waals surface area contributed by atoms with E-state index in [-0.39, 0.29) is 0 Å². The molecule has 0 saturated heterocycles. The summed E-state index contributed by atoms with van der Waals surface area (Å²) >= 11 is 0. The first-order valence-corrected chi connectivity index (χ1v) is 21.2. The van der Waals surface area contributed by atoms with E-state index >= 15 is 0 Å². The Hall–Kier alpha value is -8.92. The van der Waals surface area contributed by atoms with Gasteiger partial charge in [-0.15, -0.1) is 0 Å². The first kappa shape index (κ1) is 36.9. The molecule has 298 valence electrons. The maximum absolute atomic E-state index is 9.53.